The summed E-state index contributed by atoms with van der Waals surface area (Å²) in [6.07, 6.45) is 8.91. The molecule has 1 aliphatic carbocycles. The fourth-order valence-corrected chi connectivity index (χ4v) is 6.97. The van der Waals surface area contributed by atoms with Crippen LogP contribution < -0.4 is 10.5 Å². The number of thioether (sulfide) groups is 1. The summed E-state index contributed by atoms with van der Waals surface area (Å²) < 4.78 is 2.20. The van der Waals surface area contributed by atoms with E-state index in [4.69, 9.17) is 17.2 Å². The van der Waals surface area contributed by atoms with Gasteiger partial charge in [0.15, 0.2) is 0 Å². The van der Waals surface area contributed by atoms with Gasteiger partial charge >= 0.3 is 0 Å². The molecule has 0 unspecified atom stereocenters. The van der Waals surface area contributed by atoms with E-state index in [1.807, 2.05) is 19.1 Å². The number of carbonyl (C=O) groups is 1. The SMILES string of the molecule is Cc1cccn2c(=O)c(/C=C3\SC(=S)N(C4CCCC4)C3=O)c(N3C[C@H](C)C[C@@H](C)C3)nc12. The summed E-state index contributed by atoms with van der Waals surface area (Å²) in [6, 6.07) is 4.02. The number of fused-ring (bicyclic) bond motifs is 1. The van der Waals surface area contributed by atoms with Crippen molar-refractivity contribution in [2.75, 3.05) is 18.0 Å². The average molecular weight is 483 g/mol. The van der Waals surface area contributed by atoms with E-state index in [9.17, 15) is 9.59 Å². The lowest BCUT2D eigenvalue weighted by atomic mass is 9.91. The molecule has 2 atom stereocenters. The van der Waals surface area contributed by atoms with Crippen molar-refractivity contribution in [2.45, 2.75) is 58.9 Å². The second-order valence-electron chi connectivity index (χ2n) is 9.88. The predicted molar refractivity (Wildman–Crippen MR) is 139 cm³/mol. The molecule has 0 N–H and O–H groups in total. The number of aryl methyl sites for hydroxylation is 1. The van der Waals surface area contributed by atoms with Crippen LogP contribution in [-0.2, 0) is 4.79 Å². The van der Waals surface area contributed by atoms with Crippen molar-refractivity contribution < 1.29 is 4.79 Å². The molecule has 1 saturated carbocycles. The molecule has 0 radical (unpaired) electrons. The molecule has 4 heterocycles. The molecule has 0 aromatic carbocycles. The first-order valence-corrected chi connectivity index (χ1v) is 13.1. The Morgan fingerprint density at radius 3 is 2.55 bits per heavy atom. The molecule has 33 heavy (non-hydrogen) atoms. The van der Waals surface area contributed by atoms with Crippen molar-refractivity contribution in [3.8, 4) is 0 Å². The van der Waals surface area contributed by atoms with Crippen LogP contribution in [0.1, 0.15) is 57.1 Å². The Morgan fingerprint density at radius 1 is 1.15 bits per heavy atom. The van der Waals surface area contributed by atoms with Gasteiger partial charge in [0.05, 0.1) is 10.5 Å². The highest BCUT2D eigenvalue weighted by Gasteiger charge is 2.38. The van der Waals surface area contributed by atoms with Gasteiger partial charge in [0, 0.05) is 25.3 Å². The number of anilines is 1. The summed E-state index contributed by atoms with van der Waals surface area (Å²) >= 11 is 6.89. The van der Waals surface area contributed by atoms with Crippen LogP contribution in [0.4, 0.5) is 5.82 Å². The molecule has 1 amide bonds. The minimum absolute atomic E-state index is 0.0723. The second-order valence-corrected chi connectivity index (χ2v) is 11.6. The lowest BCUT2D eigenvalue weighted by molar-refractivity contribution is -0.123. The molecule has 0 bridgehead atoms. The van der Waals surface area contributed by atoms with Gasteiger partial charge in [0.25, 0.3) is 11.5 Å². The smallest absolute Gasteiger partial charge is 0.267 e. The van der Waals surface area contributed by atoms with E-state index in [0.29, 0.717) is 38.1 Å². The molecule has 2 aromatic heterocycles. The summed E-state index contributed by atoms with van der Waals surface area (Å²) in [7, 11) is 0. The fourth-order valence-electron chi connectivity index (χ4n) is 5.59. The van der Waals surface area contributed by atoms with E-state index in [0.717, 1.165) is 50.8 Å². The number of nitrogens with zero attached hydrogens (tertiary/aromatic N) is 4. The molecule has 8 heteroatoms. The zero-order valence-corrected chi connectivity index (χ0v) is 21.0. The molecule has 2 aliphatic heterocycles. The van der Waals surface area contributed by atoms with Crippen molar-refractivity contribution in [2.24, 2.45) is 11.8 Å². The number of aromatic nitrogens is 2. The van der Waals surface area contributed by atoms with Gasteiger partial charge in [0.1, 0.15) is 15.8 Å². The van der Waals surface area contributed by atoms with Gasteiger partial charge in [-0.15, -0.1) is 0 Å². The Balaban J connectivity index is 1.64. The third kappa shape index (κ3) is 4.12. The van der Waals surface area contributed by atoms with Crippen LogP contribution in [0.5, 0.6) is 0 Å². The number of thiocarbonyl (C=S) groups is 1. The largest absolute Gasteiger partial charge is 0.355 e. The summed E-state index contributed by atoms with van der Waals surface area (Å²) in [6.45, 7) is 8.16. The van der Waals surface area contributed by atoms with E-state index in [1.165, 1.54) is 11.8 Å². The van der Waals surface area contributed by atoms with Crippen LogP contribution in [-0.4, -0.2) is 43.6 Å². The van der Waals surface area contributed by atoms with Crippen LogP contribution in [0, 0.1) is 18.8 Å². The van der Waals surface area contributed by atoms with Crippen molar-refractivity contribution in [1.82, 2.24) is 14.3 Å². The van der Waals surface area contributed by atoms with Crippen molar-refractivity contribution in [3.05, 3.63) is 44.7 Å². The Kier molecular flexibility index (Phi) is 6.07. The Bertz CT molecular complexity index is 1200. The first kappa shape index (κ1) is 22.6. The van der Waals surface area contributed by atoms with Gasteiger partial charge in [0.2, 0.25) is 0 Å². The highest BCUT2D eigenvalue weighted by atomic mass is 32.2. The van der Waals surface area contributed by atoms with E-state index in [-0.39, 0.29) is 17.5 Å². The highest BCUT2D eigenvalue weighted by Crippen LogP contribution is 2.38. The molecule has 5 rings (SSSR count). The molecule has 0 spiro atoms. The standard InChI is InChI=1S/C25H30N4O2S2/c1-15-11-16(2)14-27(13-15)22-19(23(30)28-10-6-7-17(3)21(28)26-22)12-20-24(31)29(25(32)33-20)18-8-4-5-9-18/h6-7,10,12,15-16,18H,4-5,8-9,11,13-14H2,1-3H3/b20-12-/t15-,16-/m1/s1. The summed E-state index contributed by atoms with van der Waals surface area (Å²) in [5, 5.41) is 0. The molecule has 2 saturated heterocycles. The van der Waals surface area contributed by atoms with Gasteiger partial charge in [-0.05, 0) is 55.7 Å². The minimum Gasteiger partial charge on any atom is -0.355 e. The summed E-state index contributed by atoms with van der Waals surface area (Å²) in [5.74, 6) is 1.63. The van der Waals surface area contributed by atoms with Gasteiger partial charge in [-0.25, -0.2) is 4.98 Å². The van der Waals surface area contributed by atoms with Crippen LogP contribution in [0.15, 0.2) is 28.0 Å². The van der Waals surface area contributed by atoms with Crippen LogP contribution in [0.25, 0.3) is 11.7 Å². The normalized spacial score (nSPS) is 25.7. The van der Waals surface area contributed by atoms with Crippen LogP contribution in [0.2, 0.25) is 0 Å². The molecule has 174 valence electrons. The van der Waals surface area contributed by atoms with Crippen LogP contribution in [0.3, 0.4) is 0 Å². The topological polar surface area (TPSA) is 57.9 Å². The number of amides is 1. The van der Waals surface area contributed by atoms with E-state index >= 15 is 0 Å². The van der Waals surface area contributed by atoms with Gasteiger partial charge in [-0.3, -0.25) is 18.9 Å². The number of pyridine rings is 1. The van der Waals surface area contributed by atoms with Gasteiger partial charge in [-0.1, -0.05) is 56.7 Å². The predicted octanol–water partition coefficient (Wildman–Crippen LogP) is 4.63. The number of carbonyl (C=O) groups excluding carboxylic acids is 1. The third-order valence-corrected chi connectivity index (χ3v) is 8.35. The first-order valence-electron chi connectivity index (χ1n) is 11.9. The second kappa shape index (κ2) is 8.87. The Hall–Kier alpha value is -2.19. The molecule has 3 fully saturated rings. The first-order chi connectivity index (χ1) is 15.8. The number of rotatable bonds is 3. The molecule has 3 aliphatic rings. The maximum atomic E-state index is 13.7. The number of hydrogen-bond donors (Lipinski definition) is 0. The lowest BCUT2D eigenvalue weighted by Crippen LogP contribution is -2.41. The van der Waals surface area contributed by atoms with Crippen molar-refractivity contribution in [3.63, 3.8) is 0 Å². The molecule has 6 nitrogen and oxygen atoms in total. The molecule has 2 aromatic rings. The van der Waals surface area contributed by atoms with Gasteiger partial charge in [-0.2, -0.15) is 0 Å². The molecular formula is C25H30N4O2S2. The summed E-state index contributed by atoms with van der Waals surface area (Å²) in [4.78, 5) is 36.6. The van der Waals surface area contributed by atoms with Crippen molar-refractivity contribution >= 4 is 51.7 Å². The third-order valence-electron chi connectivity index (χ3n) is 7.02. The maximum absolute atomic E-state index is 13.7. The van der Waals surface area contributed by atoms with E-state index in [1.54, 1.807) is 21.6 Å². The maximum Gasteiger partial charge on any atom is 0.267 e. The quantitative estimate of drug-likeness (QED) is 0.470. The molecular weight excluding hydrogens is 452 g/mol. The van der Waals surface area contributed by atoms with E-state index in [2.05, 4.69) is 18.7 Å². The zero-order valence-electron chi connectivity index (χ0n) is 19.4. The zero-order chi connectivity index (χ0) is 23.3. The Labute approximate surface area is 204 Å². The van der Waals surface area contributed by atoms with E-state index < -0.39 is 0 Å². The number of piperidine rings is 1. The highest BCUT2D eigenvalue weighted by molar-refractivity contribution is 8.26. The minimum atomic E-state index is -0.143. The van der Waals surface area contributed by atoms with Crippen molar-refractivity contribution in [1.29, 1.82) is 0 Å². The van der Waals surface area contributed by atoms with Gasteiger partial charge < -0.3 is 4.90 Å². The fraction of sp³-hybridized carbons (Fsp3) is 0.520. The average Bonchev–Trinajstić information content (AvgIpc) is 3.37. The monoisotopic (exact) mass is 482 g/mol. The lowest BCUT2D eigenvalue weighted by Gasteiger charge is -2.36. The number of hydrogen-bond acceptors (Lipinski definition) is 6. The Morgan fingerprint density at radius 2 is 1.85 bits per heavy atom. The van der Waals surface area contributed by atoms with Crippen LogP contribution >= 0.6 is 24.0 Å². The summed E-state index contributed by atoms with van der Waals surface area (Å²) in [5.41, 5.74) is 1.95.